The Labute approximate surface area is 131 Å². The molecule has 0 radical (unpaired) electrons. The van der Waals surface area contributed by atoms with Crippen molar-refractivity contribution < 1.29 is 18.3 Å². The SMILES string of the molecule is O=C(NC1CC1)c1ccc(NS(=O)(=O)c2cccs2)cc1O. The average molecular weight is 338 g/mol. The molecule has 22 heavy (non-hydrogen) atoms. The molecular weight excluding hydrogens is 324 g/mol. The van der Waals surface area contributed by atoms with Crippen molar-refractivity contribution in [2.75, 3.05) is 4.72 Å². The second-order valence-corrected chi connectivity index (χ2v) is 7.87. The summed E-state index contributed by atoms with van der Waals surface area (Å²) in [4.78, 5) is 11.9. The Morgan fingerprint density at radius 1 is 1.27 bits per heavy atom. The molecule has 3 N–H and O–H groups in total. The Balaban J connectivity index is 1.78. The molecule has 1 fully saturated rings. The summed E-state index contributed by atoms with van der Waals surface area (Å²) in [5.74, 6) is -0.614. The van der Waals surface area contributed by atoms with Gasteiger partial charge in [0.05, 0.1) is 11.3 Å². The summed E-state index contributed by atoms with van der Waals surface area (Å²) in [5, 5.41) is 14.4. The van der Waals surface area contributed by atoms with Gasteiger partial charge in [-0.05, 0) is 36.4 Å². The number of hydrogen-bond acceptors (Lipinski definition) is 5. The molecule has 1 aromatic heterocycles. The zero-order chi connectivity index (χ0) is 15.7. The van der Waals surface area contributed by atoms with E-state index in [0.29, 0.717) is 0 Å². The summed E-state index contributed by atoms with van der Waals surface area (Å²) in [6.45, 7) is 0. The van der Waals surface area contributed by atoms with Crippen LogP contribution in [0, 0.1) is 0 Å². The number of carbonyl (C=O) groups is 1. The van der Waals surface area contributed by atoms with Crippen molar-refractivity contribution in [2.45, 2.75) is 23.1 Å². The van der Waals surface area contributed by atoms with Crippen LogP contribution < -0.4 is 10.0 Å². The highest BCUT2D eigenvalue weighted by Gasteiger charge is 2.25. The van der Waals surface area contributed by atoms with Crippen LogP contribution in [0.4, 0.5) is 5.69 Å². The molecule has 2 aromatic rings. The van der Waals surface area contributed by atoms with Gasteiger partial charge in [-0.2, -0.15) is 0 Å². The maximum Gasteiger partial charge on any atom is 0.271 e. The van der Waals surface area contributed by atoms with E-state index in [1.54, 1.807) is 11.4 Å². The second kappa shape index (κ2) is 5.62. The third-order valence-electron chi connectivity index (χ3n) is 3.17. The number of phenolic OH excluding ortho intramolecular Hbond substituents is 1. The third-order valence-corrected chi connectivity index (χ3v) is 5.95. The Morgan fingerprint density at radius 2 is 2.05 bits per heavy atom. The summed E-state index contributed by atoms with van der Waals surface area (Å²) < 4.78 is 26.7. The number of phenols is 1. The number of amides is 1. The lowest BCUT2D eigenvalue weighted by atomic mass is 10.1. The minimum atomic E-state index is -3.67. The molecule has 1 aliphatic carbocycles. The van der Waals surface area contributed by atoms with Gasteiger partial charge >= 0.3 is 0 Å². The Kier molecular flexibility index (Phi) is 3.79. The molecule has 1 heterocycles. The van der Waals surface area contributed by atoms with Crippen LogP contribution in [0.15, 0.2) is 39.9 Å². The van der Waals surface area contributed by atoms with Crippen LogP contribution in [0.3, 0.4) is 0 Å². The molecule has 1 saturated carbocycles. The van der Waals surface area contributed by atoms with E-state index in [1.807, 2.05) is 0 Å². The maximum absolute atomic E-state index is 12.1. The number of anilines is 1. The lowest BCUT2D eigenvalue weighted by Crippen LogP contribution is -2.25. The number of thiophene rings is 1. The number of carbonyl (C=O) groups excluding carboxylic acids is 1. The third kappa shape index (κ3) is 3.23. The first-order chi connectivity index (χ1) is 10.5. The molecule has 0 atom stereocenters. The van der Waals surface area contributed by atoms with Crippen molar-refractivity contribution >= 4 is 33.0 Å². The summed E-state index contributed by atoms with van der Waals surface area (Å²) in [7, 11) is -3.67. The van der Waals surface area contributed by atoms with Crippen LogP contribution in [0.2, 0.25) is 0 Å². The van der Waals surface area contributed by atoms with E-state index in [-0.39, 0.29) is 33.2 Å². The topological polar surface area (TPSA) is 95.5 Å². The normalized spacial score (nSPS) is 14.5. The first kappa shape index (κ1) is 14.9. The van der Waals surface area contributed by atoms with Gasteiger partial charge in [-0.3, -0.25) is 9.52 Å². The van der Waals surface area contributed by atoms with Crippen molar-refractivity contribution in [3.8, 4) is 5.75 Å². The van der Waals surface area contributed by atoms with Crippen molar-refractivity contribution in [2.24, 2.45) is 0 Å². The molecule has 0 bridgehead atoms. The fraction of sp³-hybridized carbons (Fsp3) is 0.214. The Morgan fingerprint density at radius 3 is 2.64 bits per heavy atom. The van der Waals surface area contributed by atoms with Gasteiger partial charge in [0.2, 0.25) is 0 Å². The number of nitrogens with one attached hydrogen (secondary N) is 2. The van der Waals surface area contributed by atoms with Gasteiger partial charge < -0.3 is 10.4 Å². The summed E-state index contributed by atoms with van der Waals surface area (Å²) in [6.07, 6.45) is 1.90. The minimum Gasteiger partial charge on any atom is -0.507 e. The van der Waals surface area contributed by atoms with Crippen LogP contribution in [0.5, 0.6) is 5.75 Å². The van der Waals surface area contributed by atoms with Crippen LogP contribution in [-0.2, 0) is 10.0 Å². The van der Waals surface area contributed by atoms with Crippen LogP contribution in [0.25, 0.3) is 0 Å². The molecular formula is C14H14N2O4S2. The predicted octanol–water partition coefficient (Wildman–Crippen LogP) is 2.15. The Hall–Kier alpha value is -2.06. The molecule has 1 aromatic carbocycles. The van der Waals surface area contributed by atoms with Crippen molar-refractivity contribution in [3.05, 3.63) is 41.3 Å². The zero-order valence-electron chi connectivity index (χ0n) is 11.4. The second-order valence-electron chi connectivity index (χ2n) is 5.02. The molecule has 116 valence electrons. The van der Waals surface area contributed by atoms with E-state index in [2.05, 4.69) is 10.0 Å². The molecule has 0 aliphatic heterocycles. The fourth-order valence-corrected chi connectivity index (χ4v) is 3.94. The van der Waals surface area contributed by atoms with Crippen LogP contribution >= 0.6 is 11.3 Å². The number of rotatable bonds is 5. The summed E-state index contributed by atoms with van der Waals surface area (Å²) in [6, 6.07) is 7.40. The lowest BCUT2D eigenvalue weighted by Gasteiger charge is -2.09. The van der Waals surface area contributed by atoms with Gasteiger partial charge in [-0.15, -0.1) is 11.3 Å². The highest BCUT2D eigenvalue weighted by Crippen LogP contribution is 2.26. The molecule has 0 unspecified atom stereocenters. The average Bonchev–Trinajstić information content (AvgIpc) is 3.06. The molecule has 0 saturated heterocycles. The lowest BCUT2D eigenvalue weighted by molar-refractivity contribution is 0.0948. The van der Waals surface area contributed by atoms with E-state index in [9.17, 15) is 18.3 Å². The first-order valence-electron chi connectivity index (χ1n) is 6.66. The molecule has 1 aliphatic rings. The largest absolute Gasteiger partial charge is 0.507 e. The van der Waals surface area contributed by atoms with Gasteiger partial charge in [0.15, 0.2) is 0 Å². The molecule has 3 rings (SSSR count). The molecule has 0 spiro atoms. The van der Waals surface area contributed by atoms with Gasteiger partial charge in [0.1, 0.15) is 9.96 Å². The first-order valence-corrected chi connectivity index (χ1v) is 9.02. The van der Waals surface area contributed by atoms with Gasteiger partial charge in [0.25, 0.3) is 15.9 Å². The number of aromatic hydroxyl groups is 1. The van der Waals surface area contributed by atoms with Crippen molar-refractivity contribution in [1.29, 1.82) is 0 Å². The van der Waals surface area contributed by atoms with E-state index in [1.165, 1.54) is 24.3 Å². The summed E-state index contributed by atoms with van der Waals surface area (Å²) in [5.41, 5.74) is 0.333. The van der Waals surface area contributed by atoms with Crippen molar-refractivity contribution in [3.63, 3.8) is 0 Å². The van der Waals surface area contributed by atoms with Crippen LogP contribution in [-0.4, -0.2) is 25.5 Å². The maximum atomic E-state index is 12.1. The van der Waals surface area contributed by atoms with E-state index < -0.39 is 10.0 Å². The number of hydrogen-bond donors (Lipinski definition) is 3. The van der Waals surface area contributed by atoms with Gasteiger partial charge in [-0.25, -0.2) is 8.42 Å². The highest BCUT2D eigenvalue weighted by molar-refractivity contribution is 7.94. The molecule has 6 nitrogen and oxygen atoms in total. The quantitative estimate of drug-likeness (QED) is 0.778. The Bertz CT molecular complexity index is 796. The molecule has 1 amide bonds. The minimum absolute atomic E-state index is 0.131. The van der Waals surface area contributed by atoms with Crippen molar-refractivity contribution in [1.82, 2.24) is 5.32 Å². The highest BCUT2D eigenvalue weighted by atomic mass is 32.2. The monoisotopic (exact) mass is 338 g/mol. The smallest absolute Gasteiger partial charge is 0.271 e. The van der Waals surface area contributed by atoms with E-state index in [4.69, 9.17) is 0 Å². The fourth-order valence-electron chi connectivity index (χ4n) is 1.90. The zero-order valence-corrected chi connectivity index (χ0v) is 13.1. The van der Waals surface area contributed by atoms with Crippen LogP contribution in [0.1, 0.15) is 23.2 Å². The standard InChI is InChI=1S/C14H14N2O4S2/c17-12-8-10(16-22(19,20)13-2-1-7-21-13)5-6-11(12)14(18)15-9-3-4-9/h1-2,5-9,16-17H,3-4H2,(H,15,18). The van der Waals surface area contributed by atoms with E-state index in [0.717, 1.165) is 24.2 Å². The molecule has 8 heteroatoms. The van der Waals surface area contributed by atoms with Gasteiger partial charge in [0, 0.05) is 12.1 Å². The van der Waals surface area contributed by atoms with Gasteiger partial charge in [-0.1, -0.05) is 6.07 Å². The number of sulfonamides is 1. The number of benzene rings is 1. The van der Waals surface area contributed by atoms with E-state index >= 15 is 0 Å². The summed E-state index contributed by atoms with van der Waals surface area (Å²) >= 11 is 1.10. The predicted molar refractivity (Wildman–Crippen MR) is 83.7 cm³/mol.